The van der Waals surface area contributed by atoms with E-state index in [4.69, 9.17) is 5.73 Å². The van der Waals surface area contributed by atoms with E-state index in [2.05, 4.69) is 10.3 Å². The molecule has 1 aromatic heterocycles. The number of nitrogens with zero attached hydrogens (tertiary/aromatic N) is 1. The fourth-order valence-corrected chi connectivity index (χ4v) is 3.48. The number of nitrogens with one attached hydrogen (secondary N) is 1. The van der Waals surface area contributed by atoms with Gasteiger partial charge in [0.1, 0.15) is 0 Å². The summed E-state index contributed by atoms with van der Waals surface area (Å²) >= 11 is 0. The first-order valence-electron chi connectivity index (χ1n) is 9.21. The summed E-state index contributed by atoms with van der Waals surface area (Å²) < 4.78 is 53.1. The molecule has 2 unspecified atom stereocenters. The Balaban J connectivity index is 1.76. The lowest BCUT2D eigenvalue weighted by atomic mass is 9.87. The largest absolute Gasteiger partial charge is 0.417 e. The third-order valence-corrected chi connectivity index (χ3v) is 5.09. The number of aromatic nitrogens is 1. The highest BCUT2D eigenvalue weighted by Gasteiger charge is 2.34. The second-order valence-electron chi connectivity index (χ2n) is 7.09. The van der Waals surface area contributed by atoms with Crippen LogP contribution < -0.4 is 11.1 Å². The van der Waals surface area contributed by atoms with Gasteiger partial charge in [-0.05, 0) is 55.9 Å². The van der Waals surface area contributed by atoms with E-state index in [1.54, 1.807) is 0 Å². The normalized spacial score (nSPS) is 18.1. The van der Waals surface area contributed by atoms with Crippen molar-refractivity contribution in [1.82, 2.24) is 4.98 Å². The first-order chi connectivity index (χ1) is 13.7. The monoisotopic (exact) mass is 407 g/mol. The zero-order chi connectivity index (χ0) is 21.2. The van der Waals surface area contributed by atoms with Crippen molar-refractivity contribution in [3.8, 4) is 11.1 Å². The molecule has 1 heterocycles. The van der Waals surface area contributed by atoms with Gasteiger partial charge in [-0.2, -0.15) is 13.2 Å². The van der Waals surface area contributed by atoms with E-state index in [-0.39, 0.29) is 29.4 Å². The predicted octanol–water partition coefficient (Wildman–Crippen LogP) is 5.00. The van der Waals surface area contributed by atoms with Crippen molar-refractivity contribution in [2.24, 2.45) is 11.7 Å². The van der Waals surface area contributed by atoms with E-state index in [1.165, 1.54) is 37.3 Å². The van der Waals surface area contributed by atoms with Crippen LogP contribution in [0.25, 0.3) is 11.1 Å². The van der Waals surface area contributed by atoms with Gasteiger partial charge in [-0.3, -0.25) is 9.78 Å². The highest BCUT2D eigenvalue weighted by molar-refractivity contribution is 5.95. The molecule has 0 saturated heterocycles. The van der Waals surface area contributed by atoms with Crippen LogP contribution in [0.1, 0.15) is 30.5 Å². The number of carbonyl (C=O) groups is 1. The van der Waals surface area contributed by atoms with E-state index in [0.29, 0.717) is 24.1 Å². The summed E-state index contributed by atoms with van der Waals surface area (Å²) in [6, 6.07) is 6.19. The maximum absolute atomic E-state index is 13.3. The zero-order valence-electron chi connectivity index (χ0n) is 15.8. The Hall–Kier alpha value is -2.74. The lowest BCUT2D eigenvalue weighted by Crippen LogP contribution is -2.42. The highest BCUT2D eigenvalue weighted by atomic mass is 19.4. The van der Waals surface area contributed by atoms with E-state index in [1.807, 2.05) is 0 Å². The van der Waals surface area contributed by atoms with Crippen LogP contribution in [0.5, 0.6) is 0 Å². The SMILES string of the molecule is Cc1nccc(C(F)(F)F)c1-c1ccc(NC(=O)C(N)C2CC=C(F)CC2)cc1. The van der Waals surface area contributed by atoms with E-state index >= 15 is 0 Å². The number of rotatable bonds is 4. The minimum Gasteiger partial charge on any atom is -0.325 e. The quantitative estimate of drug-likeness (QED) is 0.702. The van der Waals surface area contributed by atoms with Crippen LogP contribution >= 0.6 is 0 Å². The molecule has 1 aliphatic rings. The molecule has 3 rings (SSSR count). The number of benzene rings is 1. The molecule has 0 radical (unpaired) electrons. The number of hydrogen-bond donors (Lipinski definition) is 2. The van der Waals surface area contributed by atoms with Crippen LogP contribution in [0, 0.1) is 12.8 Å². The maximum atomic E-state index is 13.3. The summed E-state index contributed by atoms with van der Waals surface area (Å²) in [5.74, 6) is -0.749. The molecule has 4 nitrogen and oxygen atoms in total. The van der Waals surface area contributed by atoms with Crippen molar-refractivity contribution >= 4 is 11.6 Å². The smallest absolute Gasteiger partial charge is 0.325 e. The number of alkyl halides is 3. The van der Waals surface area contributed by atoms with Gasteiger partial charge in [0.2, 0.25) is 5.91 Å². The van der Waals surface area contributed by atoms with E-state index in [9.17, 15) is 22.4 Å². The van der Waals surface area contributed by atoms with Gasteiger partial charge >= 0.3 is 6.18 Å². The lowest BCUT2D eigenvalue weighted by Gasteiger charge is -2.24. The number of amides is 1. The molecule has 8 heteroatoms. The van der Waals surface area contributed by atoms with Gasteiger partial charge in [0.25, 0.3) is 0 Å². The van der Waals surface area contributed by atoms with Crippen molar-refractivity contribution in [2.45, 2.75) is 38.4 Å². The van der Waals surface area contributed by atoms with Gasteiger partial charge in [0.05, 0.1) is 17.4 Å². The molecule has 0 saturated carbocycles. The zero-order valence-corrected chi connectivity index (χ0v) is 15.8. The van der Waals surface area contributed by atoms with Gasteiger partial charge in [-0.25, -0.2) is 4.39 Å². The number of aryl methyl sites for hydroxylation is 1. The van der Waals surface area contributed by atoms with Crippen LogP contribution in [0.3, 0.4) is 0 Å². The molecule has 29 heavy (non-hydrogen) atoms. The summed E-state index contributed by atoms with van der Waals surface area (Å²) in [4.78, 5) is 16.3. The van der Waals surface area contributed by atoms with Crippen LogP contribution in [-0.2, 0) is 11.0 Å². The summed E-state index contributed by atoms with van der Waals surface area (Å²) in [7, 11) is 0. The predicted molar refractivity (Wildman–Crippen MR) is 103 cm³/mol. The molecule has 0 bridgehead atoms. The number of carbonyl (C=O) groups excluding carboxylic acids is 1. The van der Waals surface area contributed by atoms with Gasteiger partial charge in [0, 0.05) is 23.1 Å². The molecule has 1 amide bonds. The number of allylic oxidation sites excluding steroid dienone is 2. The minimum absolute atomic E-state index is 0.00518. The number of nitrogens with two attached hydrogens (primary N) is 1. The van der Waals surface area contributed by atoms with E-state index < -0.39 is 23.7 Å². The third kappa shape index (κ3) is 4.82. The Morgan fingerprint density at radius 2 is 1.93 bits per heavy atom. The van der Waals surface area contributed by atoms with Crippen LogP contribution in [0.15, 0.2) is 48.4 Å². The molecular weight excluding hydrogens is 386 g/mol. The fraction of sp³-hybridized carbons (Fsp3) is 0.333. The first kappa shape index (κ1) is 21.0. The van der Waals surface area contributed by atoms with Gasteiger partial charge in [-0.15, -0.1) is 0 Å². The Morgan fingerprint density at radius 1 is 1.24 bits per heavy atom. The van der Waals surface area contributed by atoms with Gasteiger partial charge < -0.3 is 11.1 Å². The fourth-order valence-electron chi connectivity index (χ4n) is 3.48. The van der Waals surface area contributed by atoms with Crippen molar-refractivity contribution < 1.29 is 22.4 Å². The lowest BCUT2D eigenvalue weighted by molar-refractivity contribution is -0.137. The molecule has 2 aromatic rings. The minimum atomic E-state index is -4.50. The number of anilines is 1. The summed E-state index contributed by atoms with van der Waals surface area (Å²) in [5.41, 5.74) is 6.26. The van der Waals surface area contributed by atoms with Crippen molar-refractivity contribution in [3.63, 3.8) is 0 Å². The first-order valence-corrected chi connectivity index (χ1v) is 9.21. The molecule has 2 atom stereocenters. The highest BCUT2D eigenvalue weighted by Crippen LogP contribution is 2.38. The van der Waals surface area contributed by atoms with Crippen molar-refractivity contribution in [2.75, 3.05) is 5.32 Å². The molecule has 154 valence electrons. The number of halogens is 4. The van der Waals surface area contributed by atoms with E-state index in [0.717, 1.165) is 12.3 Å². The Morgan fingerprint density at radius 3 is 2.52 bits per heavy atom. The topological polar surface area (TPSA) is 68.0 Å². The van der Waals surface area contributed by atoms with Crippen LogP contribution in [0.4, 0.5) is 23.2 Å². The van der Waals surface area contributed by atoms with Crippen molar-refractivity contribution in [1.29, 1.82) is 0 Å². The maximum Gasteiger partial charge on any atom is 0.417 e. The molecule has 3 N–H and O–H groups in total. The Bertz CT molecular complexity index is 923. The van der Waals surface area contributed by atoms with Crippen LogP contribution in [-0.4, -0.2) is 16.9 Å². The Kier molecular flexibility index (Phi) is 6.02. The third-order valence-electron chi connectivity index (χ3n) is 5.09. The number of pyridine rings is 1. The summed E-state index contributed by atoms with van der Waals surface area (Å²) in [6.07, 6.45) is -0.756. The van der Waals surface area contributed by atoms with Crippen molar-refractivity contribution in [3.05, 3.63) is 59.7 Å². The molecule has 1 aliphatic carbocycles. The standard InChI is InChI=1S/C21H21F4N3O/c1-12-18(17(10-11-27-12)21(23,24)25)13-4-8-16(9-5-13)28-20(29)19(26)14-2-6-15(22)7-3-14/h4-6,8-11,14,19H,2-3,7,26H2,1H3,(H,28,29). The summed E-state index contributed by atoms with van der Waals surface area (Å²) in [5, 5.41) is 2.67. The molecule has 0 aliphatic heterocycles. The molecule has 0 fully saturated rings. The second-order valence-corrected chi connectivity index (χ2v) is 7.09. The second kappa shape index (κ2) is 8.32. The Labute approximate surface area is 165 Å². The van der Waals surface area contributed by atoms with Gasteiger partial charge in [0.15, 0.2) is 0 Å². The summed E-state index contributed by atoms with van der Waals surface area (Å²) in [6.45, 7) is 1.51. The van der Waals surface area contributed by atoms with Gasteiger partial charge in [-0.1, -0.05) is 18.2 Å². The average molecular weight is 407 g/mol. The van der Waals surface area contributed by atoms with Crippen LogP contribution in [0.2, 0.25) is 0 Å². The molecule has 1 aromatic carbocycles. The molecule has 0 spiro atoms. The molecular formula is C21H21F4N3O. The number of hydrogen-bond acceptors (Lipinski definition) is 3. The average Bonchev–Trinajstić information content (AvgIpc) is 2.68.